The molecule has 1 aliphatic rings. The second-order valence-electron chi connectivity index (χ2n) is 3.14. The Morgan fingerprint density at radius 3 is 2.83 bits per heavy atom. The van der Waals surface area contributed by atoms with Crippen molar-refractivity contribution < 1.29 is 14.7 Å². The maximum absolute atomic E-state index is 11.1. The van der Waals surface area contributed by atoms with E-state index < -0.39 is 5.97 Å². The molecule has 1 unspecified atom stereocenters. The van der Waals surface area contributed by atoms with E-state index in [2.05, 4.69) is 0 Å². The van der Waals surface area contributed by atoms with Crippen molar-refractivity contribution in [3.8, 4) is 0 Å². The lowest BCUT2D eigenvalue weighted by atomic mass is 10.2. The molecule has 1 rings (SSSR count). The SMILES string of the molecule is CC(CC(=O)O)N1CCCC1=O. The standard InChI is InChI=1S/C8H13NO3/c1-6(5-8(11)12)9-4-2-3-7(9)10/h6H,2-5H2,1H3,(H,11,12). The first-order chi connectivity index (χ1) is 5.61. The maximum atomic E-state index is 11.1. The largest absolute Gasteiger partial charge is 0.481 e. The van der Waals surface area contributed by atoms with Gasteiger partial charge < -0.3 is 10.0 Å². The number of rotatable bonds is 3. The van der Waals surface area contributed by atoms with Crippen LogP contribution in [0.15, 0.2) is 0 Å². The predicted molar refractivity (Wildman–Crippen MR) is 42.7 cm³/mol. The van der Waals surface area contributed by atoms with Gasteiger partial charge in [-0.25, -0.2) is 0 Å². The molecule has 12 heavy (non-hydrogen) atoms. The molecule has 0 aliphatic carbocycles. The number of carbonyl (C=O) groups is 2. The zero-order chi connectivity index (χ0) is 9.14. The van der Waals surface area contributed by atoms with Gasteiger partial charge in [0.1, 0.15) is 0 Å². The van der Waals surface area contributed by atoms with Crippen molar-refractivity contribution in [1.82, 2.24) is 4.90 Å². The van der Waals surface area contributed by atoms with Crippen LogP contribution in [0.3, 0.4) is 0 Å². The van der Waals surface area contributed by atoms with Crippen molar-refractivity contribution in [3.05, 3.63) is 0 Å². The number of amides is 1. The third-order valence-electron chi connectivity index (χ3n) is 2.11. The summed E-state index contributed by atoms with van der Waals surface area (Å²) in [6, 6.07) is -0.155. The normalized spacial score (nSPS) is 19.8. The molecule has 0 aromatic heterocycles. The molecular weight excluding hydrogens is 158 g/mol. The molecule has 4 nitrogen and oxygen atoms in total. The molecule has 0 aromatic rings. The van der Waals surface area contributed by atoms with Crippen molar-refractivity contribution in [2.24, 2.45) is 0 Å². The lowest BCUT2D eigenvalue weighted by Crippen LogP contribution is -2.35. The van der Waals surface area contributed by atoms with Crippen molar-refractivity contribution in [2.45, 2.75) is 32.2 Å². The smallest absolute Gasteiger partial charge is 0.305 e. The molecule has 1 heterocycles. The Bertz CT molecular complexity index is 202. The van der Waals surface area contributed by atoms with E-state index in [-0.39, 0.29) is 18.4 Å². The van der Waals surface area contributed by atoms with Gasteiger partial charge in [-0.2, -0.15) is 0 Å². The fraction of sp³-hybridized carbons (Fsp3) is 0.750. The van der Waals surface area contributed by atoms with Gasteiger partial charge in [-0.3, -0.25) is 9.59 Å². The molecular formula is C8H13NO3. The summed E-state index contributed by atoms with van der Waals surface area (Å²) in [7, 11) is 0. The van der Waals surface area contributed by atoms with Gasteiger partial charge in [0.2, 0.25) is 5.91 Å². The Labute approximate surface area is 71.2 Å². The monoisotopic (exact) mass is 171 g/mol. The molecule has 1 aliphatic heterocycles. The molecule has 1 fully saturated rings. The first kappa shape index (κ1) is 9.03. The highest BCUT2D eigenvalue weighted by molar-refractivity contribution is 5.79. The quantitative estimate of drug-likeness (QED) is 0.671. The summed E-state index contributed by atoms with van der Waals surface area (Å²) >= 11 is 0. The molecule has 1 saturated heterocycles. The van der Waals surface area contributed by atoms with Gasteiger partial charge in [0, 0.05) is 19.0 Å². The average molecular weight is 171 g/mol. The predicted octanol–water partition coefficient (Wildman–Crippen LogP) is 0.472. The van der Waals surface area contributed by atoms with Crippen LogP contribution in [-0.2, 0) is 9.59 Å². The van der Waals surface area contributed by atoms with E-state index in [9.17, 15) is 9.59 Å². The number of carboxylic acids is 1. The van der Waals surface area contributed by atoms with Gasteiger partial charge in [-0.15, -0.1) is 0 Å². The number of likely N-dealkylation sites (tertiary alicyclic amines) is 1. The molecule has 1 amide bonds. The summed E-state index contributed by atoms with van der Waals surface area (Å²) in [6.45, 7) is 2.49. The van der Waals surface area contributed by atoms with Crippen LogP contribution in [0.2, 0.25) is 0 Å². The van der Waals surface area contributed by atoms with E-state index in [4.69, 9.17) is 5.11 Å². The first-order valence-corrected chi connectivity index (χ1v) is 4.12. The summed E-state index contributed by atoms with van der Waals surface area (Å²) in [5, 5.41) is 8.49. The molecule has 68 valence electrons. The molecule has 1 N–H and O–H groups in total. The Hall–Kier alpha value is -1.06. The summed E-state index contributed by atoms with van der Waals surface area (Å²) in [5.41, 5.74) is 0. The Balaban J connectivity index is 2.45. The lowest BCUT2D eigenvalue weighted by Gasteiger charge is -2.22. The van der Waals surface area contributed by atoms with Crippen LogP contribution in [0.25, 0.3) is 0 Å². The zero-order valence-corrected chi connectivity index (χ0v) is 7.12. The minimum Gasteiger partial charge on any atom is -0.481 e. The van der Waals surface area contributed by atoms with Crippen LogP contribution in [0, 0.1) is 0 Å². The van der Waals surface area contributed by atoms with Crippen LogP contribution in [0.5, 0.6) is 0 Å². The minimum atomic E-state index is -0.845. The van der Waals surface area contributed by atoms with Crippen molar-refractivity contribution in [2.75, 3.05) is 6.54 Å². The van der Waals surface area contributed by atoms with Gasteiger partial charge in [-0.05, 0) is 13.3 Å². The van der Waals surface area contributed by atoms with Crippen molar-refractivity contribution >= 4 is 11.9 Å². The highest BCUT2D eigenvalue weighted by Crippen LogP contribution is 2.14. The average Bonchev–Trinajstić information content (AvgIpc) is 2.33. The molecule has 0 aromatic carbocycles. The second-order valence-corrected chi connectivity index (χ2v) is 3.14. The summed E-state index contributed by atoms with van der Waals surface area (Å²) in [4.78, 5) is 23.1. The number of hydrogen-bond acceptors (Lipinski definition) is 2. The van der Waals surface area contributed by atoms with E-state index in [1.165, 1.54) is 0 Å². The van der Waals surface area contributed by atoms with Crippen LogP contribution >= 0.6 is 0 Å². The highest BCUT2D eigenvalue weighted by Gasteiger charge is 2.25. The number of hydrogen-bond donors (Lipinski definition) is 1. The van der Waals surface area contributed by atoms with E-state index >= 15 is 0 Å². The Morgan fingerprint density at radius 1 is 1.75 bits per heavy atom. The molecule has 0 radical (unpaired) electrons. The third-order valence-corrected chi connectivity index (χ3v) is 2.11. The maximum Gasteiger partial charge on any atom is 0.305 e. The summed E-state index contributed by atoms with van der Waals surface area (Å²) in [6.07, 6.45) is 1.48. The van der Waals surface area contributed by atoms with E-state index in [0.29, 0.717) is 13.0 Å². The molecule has 0 spiro atoms. The highest BCUT2D eigenvalue weighted by atomic mass is 16.4. The van der Waals surface area contributed by atoms with Gasteiger partial charge in [0.15, 0.2) is 0 Å². The fourth-order valence-electron chi connectivity index (χ4n) is 1.50. The number of aliphatic carboxylic acids is 1. The lowest BCUT2D eigenvalue weighted by molar-refractivity contribution is -0.139. The molecule has 0 saturated carbocycles. The van der Waals surface area contributed by atoms with Crippen molar-refractivity contribution in [3.63, 3.8) is 0 Å². The van der Waals surface area contributed by atoms with E-state index in [1.54, 1.807) is 11.8 Å². The number of nitrogens with zero attached hydrogens (tertiary/aromatic N) is 1. The van der Waals surface area contributed by atoms with Crippen LogP contribution in [0.4, 0.5) is 0 Å². The van der Waals surface area contributed by atoms with E-state index in [1.807, 2.05) is 0 Å². The van der Waals surface area contributed by atoms with Gasteiger partial charge >= 0.3 is 5.97 Å². The number of carbonyl (C=O) groups excluding carboxylic acids is 1. The molecule has 4 heteroatoms. The van der Waals surface area contributed by atoms with Crippen LogP contribution in [-0.4, -0.2) is 34.5 Å². The first-order valence-electron chi connectivity index (χ1n) is 4.12. The van der Waals surface area contributed by atoms with Crippen LogP contribution < -0.4 is 0 Å². The van der Waals surface area contributed by atoms with Crippen LogP contribution in [0.1, 0.15) is 26.2 Å². The zero-order valence-electron chi connectivity index (χ0n) is 7.12. The molecule has 0 bridgehead atoms. The Kier molecular flexibility index (Phi) is 2.68. The topological polar surface area (TPSA) is 57.6 Å². The van der Waals surface area contributed by atoms with Gasteiger partial charge in [-0.1, -0.05) is 0 Å². The summed E-state index contributed by atoms with van der Waals surface area (Å²) < 4.78 is 0. The molecule has 1 atom stereocenters. The van der Waals surface area contributed by atoms with Crippen molar-refractivity contribution in [1.29, 1.82) is 0 Å². The van der Waals surface area contributed by atoms with E-state index in [0.717, 1.165) is 6.42 Å². The third kappa shape index (κ3) is 1.96. The van der Waals surface area contributed by atoms with Gasteiger partial charge in [0.25, 0.3) is 0 Å². The second kappa shape index (κ2) is 3.56. The van der Waals surface area contributed by atoms with Gasteiger partial charge in [0.05, 0.1) is 6.42 Å². The minimum absolute atomic E-state index is 0.0474. The number of carboxylic acid groups (broad SMARTS) is 1. The fourth-order valence-corrected chi connectivity index (χ4v) is 1.50. The summed E-state index contributed by atoms with van der Waals surface area (Å²) in [5.74, 6) is -0.758. The Morgan fingerprint density at radius 2 is 2.42 bits per heavy atom.